The summed E-state index contributed by atoms with van der Waals surface area (Å²) in [7, 11) is 0. The summed E-state index contributed by atoms with van der Waals surface area (Å²) in [4.78, 5) is 9.63. The molecule has 1 aliphatic rings. The predicted octanol–water partition coefficient (Wildman–Crippen LogP) is 17.5. The van der Waals surface area contributed by atoms with E-state index in [4.69, 9.17) is 9.72 Å². The minimum atomic E-state index is -0.243. The van der Waals surface area contributed by atoms with Gasteiger partial charge in [0.1, 0.15) is 5.82 Å². The molecule has 9 aromatic rings. The molecule has 0 unspecified atom stereocenters. The number of fused-ring (bicyclic) bond motifs is 4. The topological polar surface area (TPSA) is 33.5 Å². The minimum absolute atomic E-state index is 0. The van der Waals surface area contributed by atoms with Crippen LogP contribution in [0.5, 0.6) is 11.5 Å². The van der Waals surface area contributed by atoms with Gasteiger partial charge in [0.05, 0.1) is 0 Å². The number of hydrogen-bond acceptors (Lipinski definition) is 4. The van der Waals surface area contributed by atoms with Gasteiger partial charge in [0.2, 0.25) is 0 Å². The molecule has 0 saturated heterocycles. The average Bonchev–Trinajstić information content (AvgIpc) is 3.89. The molecule has 5 nitrogen and oxygen atoms in total. The molecular weight excluding hydrogens is 1060 g/mol. The fourth-order valence-corrected chi connectivity index (χ4v) is 9.98. The van der Waals surface area contributed by atoms with E-state index in [1.807, 2.05) is 18.3 Å². The molecule has 0 N–H and O–H groups in total. The van der Waals surface area contributed by atoms with Crippen LogP contribution in [0.15, 0.2) is 164 Å². The number of nitrogens with zero attached hydrogens (tertiary/aromatic N) is 4. The normalized spacial score (nSPS) is 13.4. The first-order valence-electron chi connectivity index (χ1n) is 25.1. The van der Waals surface area contributed by atoms with Crippen molar-refractivity contribution in [2.45, 2.75) is 117 Å². The third-order valence-corrected chi connectivity index (χ3v) is 14.8. The zero-order valence-electron chi connectivity index (χ0n) is 44.2. The van der Waals surface area contributed by atoms with Crippen LogP contribution in [0.3, 0.4) is 0 Å². The smallest absolute Gasteiger partial charge is 0.135 e. The maximum atomic E-state index is 6.81. The predicted molar refractivity (Wildman–Crippen MR) is 297 cm³/mol. The van der Waals surface area contributed by atoms with Gasteiger partial charge in [-0.2, -0.15) is 12.1 Å². The van der Waals surface area contributed by atoms with Crippen LogP contribution in [0, 0.1) is 18.8 Å². The SMILES string of the molecule is CC(C)(C)c1cc(N2[CH-]N(c3[c-]c(Oc4[c-]c5c(cc4)c4cc(C(C)(C)C)ccc4n5-c4cc(C(C)(C)c5ccccc5)ccn4)ccc3)c3ccc(C(C)(C)c4ccccc4)cc32)cc(C(C)(C)C)c1.[Pt]. The fraction of sp³-hybridized carbons (Fsp3) is 0.273. The van der Waals surface area contributed by atoms with Crippen LogP contribution in [0.2, 0.25) is 0 Å². The fourth-order valence-electron chi connectivity index (χ4n) is 9.98. The number of benzene rings is 7. The van der Waals surface area contributed by atoms with Crippen molar-refractivity contribution in [2.24, 2.45) is 0 Å². The van der Waals surface area contributed by atoms with Gasteiger partial charge in [0.15, 0.2) is 0 Å². The molecule has 0 aliphatic carbocycles. The Balaban J connectivity index is 0.00000640. The summed E-state index contributed by atoms with van der Waals surface area (Å²) in [5.41, 5.74) is 14.4. The Bertz CT molecular complexity index is 3410. The van der Waals surface area contributed by atoms with Gasteiger partial charge in [-0.15, -0.1) is 48.1 Å². The van der Waals surface area contributed by atoms with E-state index >= 15 is 0 Å². The van der Waals surface area contributed by atoms with E-state index in [1.165, 1.54) is 38.9 Å². The summed E-state index contributed by atoms with van der Waals surface area (Å²) in [5.74, 6) is 2.03. The van der Waals surface area contributed by atoms with Crippen LogP contribution in [0.1, 0.15) is 129 Å². The molecule has 0 bridgehead atoms. The van der Waals surface area contributed by atoms with Gasteiger partial charge in [0.25, 0.3) is 0 Å². The molecule has 0 amide bonds. The molecule has 370 valence electrons. The summed E-state index contributed by atoms with van der Waals surface area (Å²) >= 11 is 0. The molecule has 0 radical (unpaired) electrons. The van der Waals surface area contributed by atoms with Crippen LogP contribution >= 0.6 is 0 Å². The molecule has 0 saturated carbocycles. The first-order chi connectivity index (χ1) is 33.6. The van der Waals surface area contributed by atoms with E-state index in [0.29, 0.717) is 11.5 Å². The van der Waals surface area contributed by atoms with E-state index < -0.39 is 0 Å². The van der Waals surface area contributed by atoms with E-state index in [2.05, 4.69) is 269 Å². The van der Waals surface area contributed by atoms with Crippen molar-refractivity contribution < 1.29 is 25.8 Å². The number of rotatable bonds is 9. The standard InChI is InChI=1S/C66H67N4O.Pt/c1-62(2,3)46-27-31-57-56(38-46)55-30-29-54(42-59(55)70(57)61-40-48(33-34-67-61)66(12,13)45-23-18-15-19-24-45)71-53-26-20-25-51(41-53)68-43-69(52-36-49(63(4,5)6)35-50(37-52)64(7,8)9)60-39-47(28-32-58(60)68)65(10,11)44-21-16-14-17-22-44;/h14-40,43H,1-13H3;/q-3;. The van der Waals surface area contributed by atoms with Crippen molar-refractivity contribution in [3.63, 3.8) is 0 Å². The third-order valence-electron chi connectivity index (χ3n) is 14.8. The molecule has 72 heavy (non-hydrogen) atoms. The average molecular weight is 1130 g/mol. The Morgan fingerprint density at radius 1 is 0.444 bits per heavy atom. The molecule has 1 aliphatic heterocycles. The van der Waals surface area contributed by atoms with Crippen LogP contribution in [0.4, 0.5) is 22.7 Å². The Morgan fingerprint density at radius 2 is 1.03 bits per heavy atom. The molecule has 6 heteroatoms. The Labute approximate surface area is 443 Å². The van der Waals surface area contributed by atoms with Gasteiger partial charge in [0, 0.05) is 72.2 Å². The second kappa shape index (κ2) is 18.6. The van der Waals surface area contributed by atoms with E-state index in [0.717, 1.165) is 50.4 Å². The third kappa shape index (κ3) is 9.42. The first kappa shape index (κ1) is 50.5. The molecule has 0 atom stereocenters. The van der Waals surface area contributed by atoms with Crippen LogP contribution in [-0.4, -0.2) is 9.55 Å². The monoisotopic (exact) mass is 1130 g/mol. The maximum absolute atomic E-state index is 6.81. The quantitative estimate of drug-likeness (QED) is 0.135. The molecule has 2 aromatic heterocycles. The second-order valence-corrected chi connectivity index (χ2v) is 23.6. The van der Waals surface area contributed by atoms with Gasteiger partial charge in [-0.05, 0) is 103 Å². The number of aromatic nitrogens is 2. The van der Waals surface area contributed by atoms with Crippen molar-refractivity contribution in [1.82, 2.24) is 9.55 Å². The Kier molecular flexibility index (Phi) is 13.0. The van der Waals surface area contributed by atoms with Gasteiger partial charge >= 0.3 is 0 Å². The summed E-state index contributed by atoms with van der Waals surface area (Å²) < 4.78 is 9.05. The van der Waals surface area contributed by atoms with Crippen LogP contribution < -0.4 is 14.5 Å². The van der Waals surface area contributed by atoms with Crippen molar-refractivity contribution in [3.8, 4) is 17.3 Å². The van der Waals surface area contributed by atoms with Gasteiger partial charge in [-0.1, -0.05) is 180 Å². The number of pyridine rings is 1. The summed E-state index contributed by atoms with van der Waals surface area (Å²) in [6, 6.07) is 64.5. The Morgan fingerprint density at radius 3 is 1.64 bits per heavy atom. The first-order valence-corrected chi connectivity index (χ1v) is 25.1. The molecule has 3 heterocycles. The number of anilines is 4. The zero-order chi connectivity index (χ0) is 50.3. The molecule has 0 spiro atoms. The Hall–Kier alpha value is -6.42. The van der Waals surface area contributed by atoms with Crippen molar-refractivity contribution in [3.05, 3.63) is 222 Å². The van der Waals surface area contributed by atoms with Crippen molar-refractivity contribution >= 4 is 44.6 Å². The van der Waals surface area contributed by atoms with Gasteiger partial charge in [-0.25, -0.2) is 4.98 Å². The maximum Gasteiger partial charge on any atom is 0.135 e. The molecular formula is C66H67N4OPt-3. The second-order valence-electron chi connectivity index (χ2n) is 23.6. The van der Waals surface area contributed by atoms with Gasteiger partial charge in [-0.3, -0.25) is 0 Å². The van der Waals surface area contributed by atoms with E-state index in [9.17, 15) is 0 Å². The van der Waals surface area contributed by atoms with Crippen LogP contribution in [-0.2, 0) is 48.1 Å². The van der Waals surface area contributed by atoms with E-state index in [1.54, 1.807) is 0 Å². The minimum Gasteiger partial charge on any atom is -0.509 e. The number of ether oxygens (including phenoxy) is 1. The largest absolute Gasteiger partial charge is 0.509 e. The van der Waals surface area contributed by atoms with Gasteiger partial charge < -0.3 is 19.1 Å². The summed E-state index contributed by atoms with van der Waals surface area (Å²) in [5, 5.41) is 2.25. The van der Waals surface area contributed by atoms with Crippen molar-refractivity contribution in [1.29, 1.82) is 0 Å². The molecule has 7 aromatic carbocycles. The number of hydrogen-bond donors (Lipinski definition) is 0. The van der Waals surface area contributed by atoms with Crippen LogP contribution in [0.25, 0.3) is 27.6 Å². The summed E-state index contributed by atoms with van der Waals surface area (Å²) in [6.07, 6.45) is 1.93. The zero-order valence-corrected chi connectivity index (χ0v) is 46.5. The summed E-state index contributed by atoms with van der Waals surface area (Å²) in [6.45, 7) is 32.0. The van der Waals surface area contributed by atoms with E-state index in [-0.39, 0.29) is 48.1 Å². The molecule has 10 rings (SSSR count). The van der Waals surface area contributed by atoms with Crippen molar-refractivity contribution in [2.75, 3.05) is 9.80 Å². The molecule has 0 fully saturated rings.